The van der Waals surface area contributed by atoms with Crippen molar-refractivity contribution in [3.63, 3.8) is 0 Å². The van der Waals surface area contributed by atoms with E-state index in [9.17, 15) is 24.0 Å². The van der Waals surface area contributed by atoms with E-state index in [1.54, 1.807) is 34.6 Å². The van der Waals surface area contributed by atoms with Gasteiger partial charge in [-0.2, -0.15) is 0 Å². The average molecular weight is 692 g/mol. The third-order valence-electron chi connectivity index (χ3n) is 8.78. The number of carbonyl (C=O) groups is 5. The number of hydrogen-bond acceptors (Lipinski definition) is 7. The van der Waals surface area contributed by atoms with Crippen LogP contribution in [0.5, 0.6) is 0 Å². The molecule has 2 aromatic rings. The lowest BCUT2D eigenvalue weighted by Gasteiger charge is -2.30. The lowest BCUT2D eigenvalue weighted by Crippen LogP contribution is -2.58. The molecule has 0 saturated carbocycles. The molecule has 50 heavy (non-hydrogen) atoms. The van der Waals surface area contributed by atoms with Gasteiger partial charge in [-0.3, -0.25) is 19.3 Å². The quantitative estimate of drug-likeness (QED) is 0.219. The van der Waals surface area contributed by atoms with Crippen molar-refractivity contribution in [2.45, 2.75) is 110 Å². The zero-order chi connectivity index (χ0) is 36.6. The summed E-state index contributed by atoms with van der Waals surface area (Å²) in [7, 11) is 0. The Morgan fingerprint density at radius 1 is 0.860 bits per heavy atom. The minimum Gasteiger partial charge on any atom is -0.449 e. The number of alkyl carbamates (subject to hydrolysis) is 1. The first-order chi connectivity index (χ1) is 23.7. The van der Waals surface area contributed by atoms with Gasteiger partial charge in [-0.1, -0.05) is 62.4 Å². The van der Waals surface area contributed by atoms with Crippen LogP contribution in [0, 0.1) is 5.92 Å². The van der Waals surface area contributed by atoms with Gasteiger partial charge in [0.2, 0.25) is 17.7 Å². The largest absolute Gasteiger partial charge is 0.449 e. The lowest BCUT2D eigenvalue weighted by molar-refractivity contribution is -0.134. The normalized spacial score (nSPS) is 16.7. The fourth-order valence-corrected chi connectivity index (χ4v) is 6.42. The molecular formula is C38H53N5O7. The van der Waals surface area contributed by atoms with Gasteiger partial charge in [0.1, 0.15) is 30.3 Å². The monoisotopic (exact) mass is 691 g/mol. The van der Waals surface area contributed by atoms with E-state index >= 15 is 0 Å². The molecule has 3 unspecified atom stereocenters. The predicted octanol–water partition coefficient (Wildman–Crippen LogP) is 4.86. The zero-order valence-electron chi connectivity index (χ0n) is 30.3. The van der Waals surface area contributed by atoms with Crippen LogP contribution in [0.3, 0.4) is 0 Å². The van der Waals surface area contributed by atoms with Crippen molar-refractivity contribution in [2.75, 3.05) is 19.7 Å². The number of hydrogen-bond donors (Lipinski definition) is 4. The highest BCUT2D eigenvalue weighted by molar-refractivity contribution is 5.94. The SMILES string of the molecule is CC(C)NC(=O)C(CCCNC(=O)OCC1c2ccccc2-c2ccccc21)NC(=O)C(NC(=O)C1CCCN1C(=O)OC(C)(C)C)C(C)C. The van der Waals surface area contributed by atoms with Crippen LogP contribution >= 0.6 is 0 Å². The van der Waals surface area contributed by atoms with E-state index in [0.717, 1.165) is 22.3 Å². The summed E-state index contributed by atoms with van der Waals surface area (Å²) in [6, 6.07) is 13.4. The molecule has 2 aromatic carbocycles. The fourth-order valence-electron chi connectivity index (χ4n) is 6.42. The Labute approximate surface area is 295 Å². The zero-order valence-corrected chi connectivity index (χ0v) is 30.3. The van der Waals surface area contributed by atoms with Crippen molar-refractivity contribution in [2.24, 2.45) is 5.92 Å². The molecule has 1 aliphatic heterocycles. The Morgan fingerprint density at radius 3 is 2.06 bits per heavy atom. The second-order valence-electron chi connectivity index (χ2n) is 14.7. The van der Waals surface area contributed by atoms with Crippen LogP contribution in [0.25, 0.3) is 11.1 Å². The van der Waals surface area contributed by atoms with Gasteiger partial charge in [-0.15, -0.1) is 0 Å². The molecule has 1 aliphatic carbocycles. The van der Waals surface area contributed by atoms with Crippen LogP contribution in [-0.4, -0.2) is 84.3 Å². The maximum Gasteiger partial charge on any atom is 0.410 e. The number of carbonyl (C=O) groups excluding carboxylic acids is 5. The number of fused-ring (bicyclic) bond motifs is 3. The van der Waals surface area contributed by atoms with Gasteiger partial charge in [0, 0.05) is 25.0 Å². The molecule has 2 aliphatic rings. The molecule has 1 saturated heterocycles. The average Bonchev–Trinajstić information content (AvgIpc) is 3.66. The van der Waals surface area contributed by atoms with Crippen molar-refractivity contribution >= 4 is 29.9 Å². The van der Waals surface area contributed by atoms with E-state index in [1.165, 1.54) is 4.90 Å². The van der Waals surface area contributed by atoms with E-state index in [4.69, 9.17) is 9.47 Å². The Morgan fingerprint density at radius 2 is 1.48 bits per heavy atom. The molecule has 5 amide bonds. The van der Waals surface area contributed by atoms with E-state index in [-0.39, 0.29) is 43.4 Å². The standard InChI is InChI=1S/C38H53N5O7/c1-23(2)32(42-34(45)31-19-13-21-43(31)37(48)50-38(5,6)7)35(46)41-30(33(44)40-24(3)4)18-12-20-39-36(47)49-22-29-27-16-10-8-14-25(27)26-15-9-11-17-28(26)29/h8-11,14-17,23-24,29-32H,12-13,18-22H2,1-7H3,(H,39,47)(H,40,44)(H,41,46)(H,42,45). The van der Waals surface area contributed by atoms with Crippen molar-refractivity contribution in [3.05, 3.63) is 59.7 Å². The first-order valence-corrected chi connectivity index (χ1v) is 17.7. The van der Waals surface area contributed by atoms with Crippen LogP contribution in [0.15, 0.2) is 48.5 Å². The molecule has 1 fully saturated rings. The lowest BCUT2D eigenvalue weighted by atomic mass is 9.98. The van der Waals surface area contributed by atoms with E-state index in [2.05, 4.69) is 45.5 Å². The summed E-state index contributed by atoms with van der Waals surface area (Å²) in [5.74, 6) is -1.69. The molecule has 12 nitrogen and oxygen atoms in total. The van der Waals surface area contributed by atoms with Gasteiger partial charge < -0.3 is 30.7 Å². The summed E-state index contributed by atoms with van der Waals surface area (Å²) >= 11 is 0. The highest BCUT2D eigenvalue weighted by Crippen LogP contribution is 2.44. The predicted molar refractivity (Wildman–Crippen MR) is 190 cm³/mol. The molecule has 3 atom stereocenters. The van der Waals surface area contributed by atoms with E-state index in [0.29, 0.717) is 25.8 Å². The molecule has 1 heterocycles. The maximum absolute atomic E-state index is 13.6. The number of nitrogens with zero attached hydrogens (tertiary/aromatic N) is 1. The summed E-state index contributed by atoms with van der Waals surface area (Å²) in [5, 5.41) is 11.2. The first kappa shape index (κ1) is 38.2. The Kier molecular flexibility index (Phi) is 12.9. The molecular weight excluding hydrogens is 638 g/mol. The molecule has 0 spiro atoms. The van der Waals surface area contributed by atoms with Crippen molar-refractivity contribution < 1.29 is 33.4 Å². The van der Waals surface area contributed by atoms with E-state index in [1.807, 2.05) is 38.1 Å². The van der Waals surface area contributed by atoms with Gasteiger partial charge in [0.15, 0.2) is 0 Å². The first-order valence-electron chi connectivity index (χ1n) is 17.7. The highest BCUT2D eigenvalue weighted by Gasteiger charge is 2.39. The van der Waals surface area contributed by atoms with Gasteiger partial charge in [0.25, 0.3) is 0 Å². The number of nitrogens with one attached hydrogen (secondary N) is 4. The number of likely N-dealkylation sites (tertiary alicyclic amines) is 1. The van der Waals surface area contributed by atoms with Crippen molar-refractivity contribution in [1.29, 1.82) is 0 Å². The molecule has 0 radical (unpaired) electrons. The van der Waals surface area contributed by atoms with Crippen molar-refractivity contribution in [3.8, 4) is 11.1 Å². The smallest absolute Gasteiger partial charge is 0.410 e. The van der Waals surface area contributed by atoms with Crippen LogP contribution in [0.1, 0.15) is 91.2 Å². The molecule has 4 rings (SSSR count). The summed E-state index contributed by atoms with van der Waals surface area (Å²) in [6.45, 7) is 13.3. The molecule has 0 aromatic heterocycles. The maximum atomic E-state index is 13.6. The molecule has 12 heteroatoms. The Hall–Kier alpha value is -4.61. The summed E-state index contributed by atoms with van der Waals surface area (Å²) in [6.07, 6.45) is 0.575. The van der Waals surface area contributed by atoms with Gasteiger partial charge in [-0.05, 0) is 88.5 Å². The Bertz CT molecular complexity index is 1490. The van der Waals surface area contributed by atoms with Gasteiger partial charge in [0.05, 0.1) is 0 Å². The highest BCUT2D eigenvalue weighted by atomic mass is 16.6. The number of benzene rings is 2. The summed E-state index contributed by atoms with van der Waals surface area (Å²) in [5.41, 5.74) is 3.82. The van der Waals surface area contributed by atoms with Gasteiger partial charge in [-0.25, -0.2) is 9.59 Å². The van der Waals surface area contributed by atoms with Crippen LogP contribution in [-0.2, 0) is 23.9 Å². The second-order valence-corrected chi connectivity index (χ2v) is 14.7. The second kappa shape index (κ2) is 16.9. The third kappa shape index (κ3) is 9.98. The fraction of sp³-hybridized carbons (Fsp3) is 0.553. The van der Waals surface area contributed by atoms with Crippen LogP contribution in [0.2, 0.25) is 0 Å². The Balaban J connectivity index is 1.31. The number of rotatable bonds is 13. The number of ether oxygens (including phenoxy) is 2. The molecule has 4 N–H and O–H groups in total. The minimum atomic E-state index is -0.947. The molecule has 272 valence electrons. The van der Waals surface area contributed by atoms with Crippen LogP contribution in [0.4, 0.5) is 9.59 Å². The van der Waals surface area contributed by atoms with E-state index < -0.39 is 47.7 Å². The minimum absolute atomic E-state index is 0.0593. The third-order valence-corrected chi connectivity index (χ3v) is 8.78. The summed E-state index contributed by atoms with van der Waals surface area (Å²) < 4.78 is 11.1. The summed E-state index contributed by atoms with van der Waals surface area (Å²) in [4.78, 5) is 66.9. The van der Waals surface area contributed by atoms with Gasteiger partial charge >= 0.3 is 12.2 Å². The van der Waals surface area contributed by atoms with Crippen molar-refractivity contribution in [1.82, 2.24) is 26.2 Å². The van der Waals surface area contributed by atoms with Crippen LogP contribution < -0.4 is 21.3 Å². The topological polar surface area (TPSA) is 155 Å². The molecule has 0 bridgehead atoms. The number of amides is 5.